The number of hydrogen-bond donors (Lipinski definition) is 2. The Balaban J connectivity index is 1.70. The van der Waals surface area contributed by atoms with Gasteiger partial charge in [0.25, 0.3) is 5.91 Å². The van der Waals surface area contributed by atoms with E-state index < -0.39 is 11.9 Å². The van der Waals surface area contributed by atoms with Gasteiger partial charge in [0.1, 0.15) is 24.0 Å². The summed E-state index contributed by atoms with van der Waals surface area (Å²) < 4.78 is 6.66. The number of halogens is 1. The van der Waals surface area contributed by atoms with E-state index in [2.05, 4.69) is 27.9 Å². The van der Waals surface area contributed by atoms with E-state index >= 15 is 0 Å². The van der Waals surface area contributed by atoms with Gasteiger partial charge in [-0.1, -0.05) is 30.3 Å². The molecule has 33 heavy (non-hydrogen) atoms. The number of nitrogens with zero attached hydrogens (tertiary/aromatic N) is 1. The monoisotopic (exact) mass is 552 g/mol. The second-order valence-electron chi connectivity index (χ2n) is 7.35. The summed E-state index contributed by atoms with van der Waals surface area (Å²) >= 11 is 2.13. The van der Waals surface area contributed by atoms with Gasteiger partial charge in [-0.05, 0) is 95.1 Å². The Morgan fingerprint density at radius 3 is 2.48 bits per heavy atom. The molecule has 0 bridgehead atoms. The summed E-state index contributed by atoms with van der Waals surface area (Å²) in [5.74, 6) is -0.792. The highest BCUT2D eigenvalue weighted by molar-refractivity contribution is 14.1. The van der Waals surface area contributed by atoms with Crippen LogP contribution >= 0.6 is 22.6 Å². The molecule has 0 aliphatic heterocycles. The highest BCUT2D eigenvalue weighted by Gasteiger charge is 2.12. The van der Waals surface area contributed by atoms with E-state index in [1.54, 1.807) is 30.3 Å². The summed E-state index contributed by atoms with van der Waals surface area (Å²) in [5, 5.41) is 21.3. The quantitative estimate of drug-likeness (QED) is 0.222. The minimum Gasteiger partial charge on any atom is -0.488 e. The number of hydrogen-bond acceptors (Lipinski definition) is 4. The first-order valence-electron chi connectivity index (χ1n) is 10.0. The summed E-state index contributed by atoms with van der Waals surface area (Å²) in [6.07, 6.45) is 1.54. The van der Waals surface area contributed by atoms with Gasteiger partial charge >= 0.3 is 5.97 Å². The van der Waals surface area contributed by atoms with Crippen molar-refractivity contribution in [3.05, 3.63) is 97.6 Å². The van der Waals surface area contributed by atoms with Gasteiger partial charge in [-0.3, -0.25) is 4.79 Å². The van der Waals surface area contributed by atoms with Crippen molar-refractivity contribution in [1.82, 2.24) is 0 Å². The number of carboxylic acids is 1. The number of nitriles is 1. The lowest BCUT2D eigenvalue weighted by molar-refractivity contribution is -0.112. The summed E-state index contributed by atoms with van der Waals surface area (Å²) in [6.45, 7) is 4.16. The fraction of sp³-hybridized carbons (Fsp3) is 0.115. The fourth-order valence-corrected chi connectivity index (χ4v) is 3.72. The Morgan fingerprint density at radius 2 is 1.85 bits per heavy atom. The first-order chi connectivity index (χ1) is 15.8. The lowest BCUT2D eigenvalue weighted by Gasteiger charge is -2.11. The van der Waals surface area contributed by atoms with Crippen molar-refractivity contribution in [1.29, 1.82) is 5.26 Å². The molecule has 0 aliphatic rings. The van der Waals surface area contributed by atoms with Gasteiger partial charge in [-0.15, -0.1) is 0 Å². The normalized spacial score (nSPS) is 10.9. The SMILES string of the molecule is Cc1cccc(NC(=O)/C(C#N)=C\c2ccc(OCc3ccc(C(=O)O)cc3)c(I)c2)c1C. The molecular formula is C26H21IN2O4. The van der Waals surface area contributed by atoms with Crippen LogP contribution in [0.4, 0.5) is 5.69 Å². The number of ether oxygens (including phenoxy) is 1. The molecule has 1 amide bonds. The maximum absolute atomic E-state index is 12.6. The average Bonchev–Trinajstić information content (AvgIpc) is 2.80. The standard InChI is InChI=1S/C26H21IN2O4/c1-16-4-3-5-23(17(16)2)29-25(30)21(14-28)12-19-8-11-24(22(27)13-19)33-15-18-6-9-20(10-7-18)26(31)32/h3-13H,15H2,1-2H3,(H,29,30)(H,31,32)/b21-12-. The highest BCUT2D eigenvalue weighted by atomic mass is 127. The van der Waals surface area contributed by atoms with Crippen LogP contribution in [-0.4, -0.2) is 17.0 Å². The maximum Gasteiger partial charge on any atom is 0.335 e. The molecule has 0 heterocycles. The third-order valence-corrected chi connectivity index (χ3v) is 5.92. The van der Waals surface area contributed by atoms with Crippen LogP contribution in [0.15, 0.2) is 66.2 Å². The van der Waals surface area contributed by atoms with Crippen LogP contribution in [-0.2, 0) is 11.4 Å². The number of benzene rings is 3. The van der Waals surface area contributed by atoms with Crippen molar-refractivity contribution in [2.75, 3.05) is 5.32 Å². The van der Waals surface area contributed by atoms with Crippen molar-refractivity contribution >= 4 is 46.2 Å². The molecule has 6 nitrogen and oxygen atoms in total. The molecule has 0 saturated heterocycles. The molecule has 166 valence electrons. The molecule has 0 fully saturated rings. The van der Waals surface area contributed by atoms with E-state index in [0.29, 0.717) is 17.0 Å². The zero-order chi connectivity index (χ0) is 24.0. The van der Waals surface area contributed by atoms with Crippen molar-refractivity contribution < 1.29 is 19.4 Å². The van der Waals surface area contributed by atoms with Gasteiger partial charge in [0, 0.05) is 5.69 Å². The Hall–Kier alpha value is -3.64. The predicted octanol–water partition coefficient (Wildman–Crippen LogP) is 5.73. The van der Waals surface area contributed by atoms with Gasteiger partial charge in [0.05, 0.1) is 9.13 Å². The molecule has 0 saturated carbocycles. The maximum atomic E-state index is 12.6. The smallest absolute Gasteiger partial charge is 0.335 e. The van der Waals surface area contributed by atoms with Gasteiger partial charge in [0.15, 0.2) is 0 Å². The van der Waals surface area contributed by atoms with E-state index in [-0.39, 0.29) is 17.7 Å². The molecule has 7 heteroatoms. The Labute approximate surface area is 205 Å². The topological polar surface area (TPSA) is 99.4 Å². The first kappa shape index (κ1) is 24.0. The molecule has 0 radical (unpaired) electrons. The molecular weight excluding hydrogens is 531 g/mol. The van der Waals surface area contributed by atoms with Crippen LogP contribution in [0.2, 0.25) is 0 Å². The Morgan fingerprint density at radius 1 is 1.12 bits per heavy atom. The summed E-state index contributed by atoms with van der Waals surface area (Å²) in [7, 11) is 0. The van der Waals surface area contributed by atoms with Crippen LogP contribution in [0.1, 0.15) is 32.6 Å². The van der Waals surface area contributed by atoms with Gasteiger partial charge in [-0.25, -0.2) is 4.79 Å². The zero-order valence-corrected chi connectivity index (χ0v) is 20.2. The van der Waals surface area contributed by atoms with Gasteiger partial charge in [0.2, 0.25) is 0 Å². The van der Waals surface area contributed by atoms with Crippen molar-refractivity contribution in [2.45, 2.75) is 20.5 Å². The van der Waals surface area contributed by atoms with Gasteiger partial charge in [-0.2, -0.15) is 5.26 Å². The zero-order valence-electron chi connectivity index (χ0n) is 18.1. The summed E-state index contributed by atoms with van der Waals surface area (Å²) in [5.41, 5.74) is 4.45. The first-order valence-corrected chi connectivity index (χ1v) is 11.1. The van der Waals surface area contributed by atoms with Crippen LogP contribution in [0, 0.1) is 28.7 Å². The number of carbonyl (C=O) groups is 2. The second-order valence-corrected chi connectivity index (χ2v) is 8.51. The van der Waals surface area contributed by atoms with Crippen LogP contribution in [0.25, 0.3) is 6.08 Å². The number of anilines is 1. The number of nitrogens with one attached hydrogen (secondary N) is 1. The molecule has 2 N–H and O–H groups in total. The second kappa shape index (κ2) is 10.8. The molecule has 3 rings (SSSR count). The number of aryl methyl sites for hydroxylation is 1. The van der Waals surface area contributed by atoms with E-state index in [0.717, 1.165) is 20.3 Å². The third-order valence-electron chi connectivity index (χ3n) is 5.08. The predicted molar refractivity (Wildman–Crippen MR) is 135 cm³/mol. The largest absolute Gasteiger partial charge is 0.488 e. The number of carbonyl (C=O) groups excluding carboxylic acids is 1. The number of carboxylic acid groups (broad SMARTS) is 1. The molecule has 3 aromatic rings. The highest BCUT2D eigenvalue weighted by Crippen LogP contribution is 2.25. The molecule has 3 aromatic carbocycles. The van der Waals surface area contributed by atoms with Crippen LogP contribution < -0.4 is 10.1 Å². The molecule has 0 spiro atoms. The van der Waals surface area contributed by atoms with Crippen LogP contribution in [0.3, 0.4) is 0 Å². The van der Waals surface area contributed by atoms with E-state index in [1.165, 1.54) is 18.2 Å². The fourth-order valence-electron chi connectivity index (χ4n) is 3.02. The number of aromatic carboxylic acids is 1. The lowest BCUT2D eigenvalue weighted by Crippen LogP contribution is -2.14. The summed E-state index contributed by atoms with van der Waals surface area (Å²) in [6, 6.07) is 19.5. The average molecular weight is 552 g/mol. The van der Waals surface area contributed by atoms with Crippen molar-refractivity contribution in [3.63, 3.8) is 0 Å². The van der Waals surface area contributed by atoms with Gasteiger partial charge < -0.3 is 15.2 Å². The minimum absolute atomic E-state index is 0.00102. The van der Waals surface area contributed by atoms with Crippen LogP contribution in [0.5, 0.6) is 5.75 Å². The molecule has 0 aromatic heterocycles. The van der Waals surface area contributed by atoms with E-state index in [9.17, 15) is 14.9 Å². The minimum atomic E-state index is -0.972. The van der Waals surface area contributed by atoms with Crippen molar-refractivity contribution in [2.24, 2.45) is 0 Å². The Bertz CT molecular complexity index is 1270. The van der Waals surface area contributed by atoms with Crippen molar-refractivity contribution in [3.8, 4) is 11.8 Å². The molecule has 0 aliphatic carbocycles. The lowest BCUT2D eigenvalue weighted by atomic mass is 10.1. The summed E-state index contributed by atoms with van der Waals surface area (Å²) in [4.78, 5) is 23.6. The Kier molecular flexibility index (Phi) is 7.85. The number of rotatable bonds is 7. The third kappa shape index (κ3) is 6.20. The molecule has 0 atom stereocenters. The van der Waals surface area contributed by atoms with E-state index in [4.69, 9.17) is 9.84 Å². The molecule has 0 unspecified atom stereocenters. The number of amides is 1. The van der Waals surface area contributed by atoms with E-state index in [1.807, 2.05) is 38.1 Å².